The predicted octanol–water partition coefficient (Wildman–Crippen LogP) is 1.12. The molecule has 4 nitrogen and oxygen atoms in total. The van der Waals surface area contributed by atoms with Gasteiger partial charge in [0.2, 0.25) is 4.80 Å². The molecular formula is C10H17N3OS. The van der Waals surface area contributed by atoms with Crippen LogP contribution in [0.25, 0.3) is 0 Å². The second-order valence-corrected chi connectivity index (χ2v) is 5.07. The van der Waals surface area contributed by atoms with Gasteiger partial charge in [-0.2, -0.15) is 4.73 Å². The van der Waals surface area contributed by atoms with Gasteiger partial charge < -0.3 is 10.5 Å². The molecule has 3 N–H and O–H groups in total. The van der Waals surface area contributed by atoms with Crippen LogP contribution in [0.2, 0.25) is 0 Å². The van der Waals surface area contributed by atoms with Crippen LogP contribution in [0, 0.1) is 5.41 Å². The lowest BCUT2D eigenvalue weighted by Gasteiger charge is -2.22. The van der Waals surface area contributed by atoms with Crippen LogP contribution in [0.3, 0.4) is 0 Å². The lowest BCUT2D eigenvalue weighted by molar-refractivity contribution is 0.163. The van der Waals surface area contributed by atoms with Crippen molar-refractivity contribution in [3.63, 3.8) is 0 Å². The molecule has 1 atom stereocenters. The van der Waals surface area contributed by atoms with E-state index in [0.717, 1.165) is 42.7 Å². The largest absolute Gasteiger partial charge is 0.426 e. The average Bonchev–Trinajstić information content (AvgIpc) is 2.52. The predicted molar refractivity (Wildman–Crippen MR) is 59.5 cm³/mol. The molecule has 0 fully saturated rings. The summed E-state index contributed by atoms with van der Waals surface area (Å²) in [6, 6.07) is 0.524. The summed E-state index contributed by atoms with van der Waals surface area (Å²) in [4.78, 5) is 1.42. The summed E-state index contributed by atoms with van der Waals surface area (Å²) in [5.41, 5.74) is 0.944. The molecule has 15 heavy (non-hydrogen) atoms. The normalized spacial score (nSPS) is 20.2. The molecule has 1 heterocycles. The van der Waals surface area contributed by atoms with E-state index in [9.17, 15) is 5.21 Å². The molecule has 0 saturated carbocycles. The van der Waals surface area contributed by atoms with E-state index in [1.54, 1.807) is 0 Å². The molecule has 1 aliphatic rings. The van der Waals surface area contributed by atoms with Crippen molar-refractivity contribution in [3.8, 4) is 0 Å². The highest BCUT2D eigenvalue weighted by molar-refractivity contribution is 7.09. The van der Waals surface area contributed by atoms with Crippen molar-refractivity contribution in [2.75, 3.05) is 6.54 Å². The molecular weight excluding hydrogens is 210 g/mol. The van der Waals surface area contributed by atoms with Crippen LogP contribution < -0.4 is 10.1 Å². The molecule has 0 saturated heterocycles. The van der Waals surface area contributed by atoms with Gasteiger partial charge in [-0.3, -0.25) is 5.41 Å². The van der Waals surface area contributed by atoms with E-state index in [1.165, 1.54) is 16.2 Å². The molecule has 0 radical (unpaired) electrons. The van der Waals surface area contributed by atoms with Gasteiger partial charge in [-0.05, 0) is 32.2 Å². The highest BCUT2D eigenvalue weighted by Gasteiger charge is 2.22. The first-order valence-electron chi connectivity index (χ1n) is 5.43. The van der Waals surface area contributed by atoms with E-state index in [1.807, 2.05) is 0 Å². The first-order chi connectivity index (χ1) is 7.22. The Morgan fingerprint density at radius 1 is 1.67 bits per heavy atom. The van der Waals surface area contributed by atoms with Crippen LogP contribution in [0.1, 0.15) is 30.3 Å². The summed E-state index contributed by atoms with van der Waals surface area (Å²) >= 11 is 1.39. The zero-order valence-electron chi connectivity index (χ0n) is 8.92. The van der Waals surface area contributed by atoms with Crippen molar-refractivity contribution >= 4 is 11.3 Å². The lowest BCUT2D eigenvalue weighted by atomic mass is 9.97. The number of nitrogens with zero attached hydrogens (tertiary/aromatic N) is 1. The van der Waals surface area contributed by atoms with Gasteiger partial charge in [-0.25, -0.2) is 0 Å². The van der Waals surface area contributed by atoms with Crippen LogP contribution in [-0.2, 0) is 12.8 Å². The van der Waals surface area contributed by atoms with Crippen molar-refractivity contribution < 1.29 is 5.21 Å². The molecule has 84 valence electrons. The highest BCUT2D eigenvalue weighted by atomic mass is 32.1. The standard InChI is InChI=1S/C10H17N3OS/c1-2-5-12-7-3-4-8-9(6-7)15-10(11)13(8)14/h7,11-12,14H,2-6H2,1H3. The third-order valence-corrected chi connectivity index (χ3v) is 3.85. The maximum Gasteiger partial charge on any atom is 0.216 e. The summed E-state index contributed by atoms with van der Waals surface area (Å²) < 4.78 is 1.04. The molecule has 0 bridgehead atoms. The van der Waals surface area contributed by atoms with Gasteiger partial charge in [0, 0.05) is 10.9 Å². The van der Waals surface area contributed by atoms with Crippen molar-refractivity contribution in [1.29, 1.82) is 5.41 Å². The van der Waals surface area contributed by atoms with Gasteiger partial charge in [-0.15, -0.1) is 0 Å². The maximum absolute atomic E-state index is 9.56. The second kappa shape index (κ2) is 4.37. The van der Waals surface area contributed by atoms with Crippen LogP contribution in [-0.4, -0.2) is 22.5 Å². The van der Waals surface area contributed by atoms with Gasteiger partial charge in [0.25, 0.3) is 0 Å². The molecule has 1 aromatic rings. The zero-order valence-corrected chi connectivity index (χ0v) is 9.73. The highest BCUT2D eigenvalue weighted by Crippen LogP contribution is 2.22. The number of nitrogens with one attached hydrogen (secondary N) is 2. The molecule has 0 aromatic carbocycles. The number of hydrogen-bond acceptors (Lipinski definition) is 4. The third kappa shape index (κ3) is 2.08. The first-order valence-corrected chi connectivity index (χ1v) is 6.24. The number of aromatic nitrogens is 1. The summed E-state index contributed by atoms with van der Waals surface area (Å²) in [6.07, 6.45) is 4.04. The van der Waals surface area contributed by atoms with Crippen molar-refractivity contribution in [3.05, 3.63) is 15.4 Å². The van der Waals surface area contributed by atoms with E-state index in [4.69, 9.17) is 5.41 Å². The minimum Gasteiger partial charge on any atom is -0.426 e. The number of thiazole rings is 1. The fraction of sp³-hybridized carbons (Fsp3) is 0.700. The number of rotatable bonds is 3. The monoisotopic (exact) mass is 227 g/mol. The van der Waals surface area contributed by atoms with E-state index in [0.29, 0.717) is 6.04 Å². The smallest absolute Gasteiger partial charge is 0.216 e. The average molecular weight is 227 g/mol. The summed E-state index contributed by atoms with van der Waals surface area (Å²) in [7, 11) is 0. The first kappa shape index (κ1) is 10.7. The Labute approximate surface area is 93.0 Å². The van der Waals surface area contributed by atoms with Crippen LogP contribution in [0.4, 0.5) is 0 Å². The second-order valence-electron chi connectivity index (χ2n) is 3.98. The van der Waals surface area contributed by atoms with Gasteiger partial charge in [0.05, 0.1) is 5.69 Å². The quantitative estimate of drug-likeness (QED) is 0.678. The maximum atomic E-state index is 9.56. The van der Waals surface area contributed by atoms with E-state index < -0.39 is 0 Å². The molecule has 0 aliphatic heterocycles. The van der Waals surface area contributed by atoms with E-state index in [-0.39, 0.29) is 4.80 Å². The fourth-order valence-electron chi connectivity index (χ4n) is 2.02. The lowest BCUT2D eigenvalue weighted by Crippen LogP contribution is -2.35. The topological polar surface area (TPSA) is 61.0 Å². The Balaban J connectivity index is 2.10. The molecule has 0 spiro atoms. The number of fused-ring (bicyclic) bond motifs is 1. The van der Waals surface area contributed by atoms with E-state index >= 15 is 0 Å². The Morgan fingerprint density at radius 3 is 3.20 bits per heavy atom. The molecule has 1 unspecified atom stereocenters. The Morgan fingerprint density at radius 2 is 2.47 bits per heavy atom. The van der Waals surface area contributed by atoms with Crippen molar-refractivity contribution in [2.45, 2.75) is 38.6 Å². The minimum absolute atomic E-state index is 0.246. The van der Waals surface area contributed by atoms with Crippen molar-refractivity contribution in [2.24, 2.45) is 0 Å². The van der Waals surface area contributed by atoms with Crippen molar-refractivity contribution in [1.82, 2.24) is 10.0 Å². The Bertz CT molecular complexity index is 396. The third-order valence-electron chi connectivity index (χ3n) is 2.83. The molecule has 2 rings (SSSR count). The molecule has 1 aliphatic carbocycles. The summed E-state index contributed by atoms with van der Waals surface area (Å²) in [5, 5.41) is 20.6. The SMILES string of the molecule is CCCNC1CCc2c(sc(=N)n2O)C1. The van der Waals surface area contributed by atoms with Crippen LogP contribution >= 0.6 is 11.3 Å². The summed E-state index contributed by atoms with van der Waals surface area (Å²) in [5.74, 6) is 0. The Kier molecular flexibility index (Phi) is 3.11. The van der Waals surface area contributed by atoms with Gasteiger partial charge in [-0.1, -0.05) is 18.3 Å². The molecule has 5 heteroatoms. The van der Waals surface area contributed by atoms with Gasteiger partial charge in [0.15, 0.2) is 0 Å². The summed E-state index contributed by atoms with van der Waals surface area (Å²) in [6.45, 7) is 3.22. The van der Waals surface area contributed by atoms with Gasteiger partial charge >= 0.3 is 0 Å². The van der Waals surface area contributed by atoms with Crippen LogP contribution in [0.5, 0.6) is 0 Å². The molecule has 1 aromatic heterocycles. The zero-order chi connectivity index (χ0) is 10.8. The fourth-order valence-corrected chi connectivity index (χ4v) is 3.04. The number of hydrogen-bond donors (Lipinski definition) is 3. The molecule has 0 amide bonds. The Hall–Kier alpha value is -0.810. The van der Waals surface area contributed by atoms with E-state index in [2.05, 4.69) is 12.2 Å². The minimum atomic E-state index is 0.246. The van der Waals surface area contributed by atoms with Crippen LogP contribution in [0.15, 0.2) is 0 Å². The van der Waals surface area contributed by atoms with Gasteiger partial charge in [0.1, 0.15) is 0 Å².